The van der Waals surface area contributed by atoms with E-state index in [2.05, 4.69) is 23.7 Å². The summed E-state index contributed by atoms with van der Waals surface area (Å²) in [6.07, 6.45) is 0. The Morgan fingerprint density at radius 2 is 2.19 bits per heavy atom. The smallest absolute Gasteiger partial charge is 0.123 e. The third-order valence-electron chi connectivity index (χ3n) is 2.47. The van der Waals surface area contributed by atoms with E-state index in [1.807, 2.05) is 12.1 Å². The van der Waals surface area contributed by atoms with Gasteiger partial charge in [-0.25, -0.2) is 4.39 Å². The van der Waals surface area contributed by atoms with Gasteiger partial charge in [0.15, 0.2) is 0 Å². The number of nitrogens with one attached hydrogen (secondary N) is 1. The van der Waals surface area contributed by atoms with Gasteiger partial charge >= 0.3 is 0 Å². The van der Waals surface area contributed by atoms with Crippen molar-refractivity contribution in [3.63, 3.8) is 0 Å². The SMILES string of the molecule is C[C@H](NCc1cccc(F)c1)c1cccs1. The lowest BCUT2D eigenvalue weighted by molar-refractivity contribution is 0.576. The fourth-order valence-electron chi connectivity index (χ4n) is 1.56. The summed E-state index contributed by atoms with van der Waals surface area (Å²) >= 11 is 1.73. The fourth-order valence-corrected chi connectivity index (χ4v) is 2.31. The third-order valence-corrected chi connectivity index (χ3v) is 3.53. The molecule has 0 aliphatic carbocycles. The highest BCUT2D eigenvalue weighted by atomic mass is 32.1. The van der Waals surface area contributed by atoms with Crippen LogP contribution < -0.4 is 5.32 Å². The van der Waals surface area contributed by atoms with E-state index >= 15 is 0 Å². The summed E-state index contributed by atoms with van der Waals surface area (Å²) in [4.78, 5) is 1.30. The molecule has 1 aromatic carbocycles. The fraction of sp³-hybridized carbons (Fsp3) is 0.231. The molecule has 0 saturated heterocycles. The zero-order chi connectivity index (χ0) is 11.4. The molecule has 2 rings (SSSR count). The van der Waals surface area contributed by atoms with Crippen LogP contribution in [0.2, 0.25) is 0 Å². The quantitative estimate of drug-likeness (QED) is 0.851. The van der Waals surface area contributed by atoms with Gasteiger partial charge in [0, 0.05) is 17.5 Å². The van der Waals surface area contributed by atoms with E-state index in [1.165, 1.54) is 10.9 Å². The van der Waals surface area contributed by atoms with Gasteiger partial charge in [0.2, 0.25) is 0 Å². The Hall–Kier alpha value is -1.19. The van der Waals surface area contributed by atoms with E-state index < -0.39 is 0 Å². The largest absolute Gasteiger partial charge is 0.305 e. The Kier molecular flexibility index (Phi) is 3.70. The lowest BCUT2D eigenvalue weighted by atomic mass is 10.2. The van der Waals surface area contributed by atoms with Gasteiger partial charge in [-0.15, -0.1) is 11.3 Å². The molecule has 0 unspecified atom stereocenters. The minimum Gasteiger partial charge on any atom is -0.305 e. The van der Waals surface area contributed by atoms with Crippen LogP contribution in [0.3, 0.4) is 0 Å². The van der Waals surface area contributed by atoms with E-state index in [9.17, 15) is 4.39 Å². The van der Waals surface area contributed by atoms with Crippen LogP contribution >= 0.6 is 11.3 Å². The van der Waals surface area contributed by atoms with Gasteiger partial charge in [-0.2, -0.15) is 0 Å². The molecular formula is C13H14FNS. The average Bonchev–Trinajstić information content (AvgIpc) is 2.79. The molecule has 2 aromatic rings. The van der Waals surface area contributed by atoms with E-state index in [0.29, 0.717) is 12.6 Å². The van der Waals surface area contributed by atoms with Crippen LogP contribution in [0.4, 0.5) is 4.39 Å². The monoisotopic (exact) mass is 235 g/mol. The summed E-state index contributed by atoms with van der Waals surface area (Å²) in [6.45, 7) is 2.81. The molecule has 0 fully saturated rings. The first-order valence-electron chi connectivity index (χ1n) is 5.27. The van der Waals surface area contributed by atoms with Gasteiger partial charge in [-0.05, 0) is 36.1 Å². The molecule has 0 spiro atoms. The summed E-state index contributed by atoms with van der Waals surface area (Å²) in [7, 11) is 0. The molecule has 1 N–H and O–H groups in total. The second kappa shape index (κ2) is 5.23. The van der Waals surface area contributed by atoms with Crippen molar-refractivity contribution in [3.05, 3.63) is 58.0 Å². The third kappa shape index (κ3) is 2.90. The number of hydrogen-bond acceptors (Lipinski definition) is 2. The van der Waals surface area contributed by atoms with Crippen LogP contribution in [0.15, 0.2) is 41.8 Å². The first-order chi connectivity index (χ1) is 7.75. The Labute approximate surface area is 98.9 Å². The molecule has 0 amide bonds. The van der Waals surface area contributed by atoms with Crippen LogP contribution in [0.25, 0.3) is 0 Å². The normalized spacial score (nSPS) is 12.6. The highest BCUT2D eigenvalue weighted by Crippen LogP contribution is 2.18. The molecule has 0 saturated carbocycles. The highest BCUT2D eigenvalue weighted by Gasteiger charge is 2.05. The first kappa shape index (κ1) is 11.3. The molecule has 1 heterocycles. The maximum absolute atomic E-state index is 12.9. The van der Waals surface area contributed by atoms with Gasteiger partial charge in [0.1, 0.15) is 5.82 Å². The zero-order valence-corrected chi connectivity index (χ0v) is 9.93. The standard InChI is InChI=1S/C13H14FNS/c1-10(13-6-3-7-16-13)15-9-11-4-2-5-12(14)8-11/h2-8,10,15H,9H2,1H3/t10-/m0/s1. The summed E-state index contributed by atoms with van der Waals surface area (Å²) < 4.78 is 12.9. The minimum atomic E-state index is -0.178. The first-order valence-corrected chi connectivity index (χ1v) is 6.15. The topological polar surface area (TPSA) is 12.0 Å². The molecule has 0 aliphatic heterocycles. The number of rotatable bonds is 4. The van der Waals surface area contributed by atoms with E-state index in [-0.39, 0.29) is 5.82 Å². The Morgan fingerprint density at radius 3 is 2.88 bits per heavy atom. The van der Waals surface area contributed by atoms with Crippen molar-refractivity contribution >= 4 is 11.3 Å². The van der Waals surface area contributed by atoms with Gasteiger partial charge in [-0.3, -0.25) is 0 Å². The number of thiophene rings is 1. The van der Waals surface area contributed by atoms with Crippen molar-refractivity contribution in [2.75, 3.05) is 0 Å². The maximum atomic E-state index is 12.9. The molecule has 1 aromatic heterocycles. The number of hydrogen-bond donors (Lipinski definition) is 1. The van der Waals surface area contributed by atoms with Gasteiger partial charge in [0.05, 0.1) is 0 Å². The van der Waals surface area contributed by atoms with Crippen molar-refractivity contribution in [3.8, 4) is 0 Å². The Balaban J connectivity index is 1.92. The molecular weight excluding hydrogens is 221 g/mol. The van der Waals surface area contributed by atoms with E-state index in [0.717, 1.165) is 5.56 Å². The highest BCUT2D eigenvalue weighted by molar-refractivity contribution is 7.10. The lowest BCUT2D eigenvalue weighted by Crippen LogP contribution is -2.17. The van der Waals surface area contributed by atoms with Crippen LogP contribution in [-0.4, -0.2) is 0 Å². The number of halogens is 1. The lowest BCUT2D eigenvalue weighted by Gasteiger charge is -2.11. The maximum Gasteiger partial charge on any atom is 0.123 e. The zero-order valence-electron chi connectivity index (χ0n) is 9.11. The molecule has 3 heteroatoms. The average molecular weight is 235 g/mol. The van der Waals surface area contributed by atoms with Crippen molar-refractivity contribution in [1.82, 2.24) is 5.32 Å². The van der Waals surface area contributed by atoms with Crippen molar-refractivity contribution in [2.45, 2.75) is 19.5 Å². The molecule has 0 radical (unpaired) electrons. The Bertz CT molecular complexity index is 439. The second-order valence-corrected chi connectivity index (χ2v) is 4.73. The summed E-state index contributed by atoms with van der Waals surface area (Å²) in [5, 5.41) is 5.44. The molecule has 1 atom stereocenters. The summed E-state index contributed by atoms with van der Waals surface area (Å²) in [5.41, 5.74) is 0.975. The van der Waals surface area contributed by atoms with Crippen molar-refractivity contribution < 1.29 is 4.39 Å². The van der Waals surface area contributed by atoms with Crippen LogP contribution in [-0.2, 0) is 6.54 Å². The molecule has 0 bridgehead atoms. The van der Waals surface area contributed by atoms with E-state index in [1.54, 1.807) is 23.5 Å². The molecule has 0 aliphatic rings. The van der Waals surface area contributed by atoms with Crippen molar-refractivity contribution in [2.24, 2.45) is 0 Å². The predicted molar refractivity (Wildman–Crippen MR) is 66.0 cm³/mol. The van der Waals surface area contributed by atoms with Gasteiger partial charge in [-0.1, -0.05) is 18.2 Å². The van der Waals surface area contributed by atoms with Gasteiger partial charge in [0.25, 0.3) is 0 Å². The summed E-state index contributed by atoms with van der Waals surface area (Å²) in [5.74, 6) is -0.178. The van der Waals surface area contributed by atoms with Crippen LogP contribution in [0, 0.1) is 5.82 Å². The predicted octanol–water partition coefficient (Wildman–Crippen LogP) is 3.74. The summed E-state index contributed by atoms with van der Waals surface area (Å²) in [6, 6.07) is 11.1. The molecule has 84 valence electrons. The molecule has 16 heavy (non-hydrogen) atoms. The molecule has 1 nitrogen and oxygen atoms in total. The van der Waals surface area contributed by atoms with Gasteiger partial charge < -0.3 is 5.32 Å². The number of benzene rings is 1. The Morgan fingerprint density at radius 1 is 1.31 bits per heavy atom. The van der Waals surface area contributed by atoms with Crippen molar-refractivity contribution in [1.29, 1.82) is 0 Å². The van der Waals surface area contributed by atoms with Crippen LogP contribution in [0.1, 0.15) is 23.4 Å². The van der Waals surface area contributed by atoms with Crippen LogP contribution in [0.5, 0.6) is 0 Å². The second-order valence-electron chi connectivity index (χ2n) is 3.75. The van der Waals surface area contributed by atoms with E-state index in [4.69, 9.17) is 0 Å². The minimum absolute atomic E-state index is 0.178.